The van der Waals surface area contributed by atoms with E-state index in [2.05, 4.69) is 40.7 Å². The first-order chi connectivity index (χ1) is 9.10. The molecule has 0 atom stereocenters. The molecule has 0 unspecified atom stereocenters. The summed E-state index contributed by atoms with van der Waals surface area (Å²) in [5.41, 5.74) is 7.82. The second-order valence-corrected chi connectivity index (χ2v) is 6.02. The molecule has 0 saturated heterocycles. The van der Waals surface area contributed by atoms with Crippen LogP contribution in [0.5, 0.6) is 0 Å². The third-order valence-corrected chi connectivity index (χ3v) is 4.01. The van der Waals surface area contributed by atoms with Gasteiger partial charge in [-0.3, -0.25) is 0 Å². The van der Waals surface area contributed by atoms with Gasteiger partial charge < -0.3 is 10.6 Å². The number of anilines is 1. The molecule has 0 bridgehead atoms. The molecule has 0 aromatic heterocycles. The van der Waals surface area contributed by atoms with Crippen LogP contribution in [0.1, 0.15) is 45.1 Å². The van der Waals surface area contributed by atoms with Gasteiger partial charge in [-0.25, -0.2) is 0 Å². The standard InChI is InChI=1S/C15H23BrN2S/c1-3-5-9-18(10-6-4-2)14-8-7-12(15(17)19)11-13(14)16/h7-8,11H,3-6,9-10H2,1-2H3,(H2,17,19). The fourth-order valence-electron chi connectivity index (χ4n) is 1.97. The zero-order chi connectivity index (χ0) is 14.3. The van der Waals surface area contributed by atoms with E-state index in [1.165, 1.54) is 31.4 Å². The van der Waals surface area contributed by atoms with Crippen LogP contribution in [-0.2, 0) is 0 Å². The molecule has 0 aliphatic carbocycles. The van der Waals surface area contributed by atoms with Gasteiger partial charge in [-0.2, -0.15) is 0 Å². The second-order valence-electron chi connectivity index (χ2n) is 4.72. The molecule has 2 nitrogen and oxygen atoms in total. The highest BCUT2D eigenvalue weighted by molar-refractivity contribution is 9.10. The molecule has 1 aromatic rings. The maximum absolute atomic E-state index is 5.67. The molecule has 0 spiro atoms. The van der Waals surface area contributed by atoms with E-state index in [-0.39, 0.29) is 0 Å². The zero-order valence-corrected chi connectivity index (χ0v) is 14.2. The highest BCUT2D eigenvalue weighted by atomic mass is 79.9. The molecular weight excluding hydrogens is 320 g/mol. The molecule has 0 heterocycles. The number of nitrogens with zero attached hydrogens (tertiary/aromatic N) is 1. The molecule has 1 aromatic carbocycles. The number of unbranched alkanes of at least 4 members (excludes halogenated alkanes) is 2. The van der Waals surface area contributed by atoms with E-state index in [0.29, 0.717) is 4.99 Å². The summed E-state index contributed by atoms with van der Waals surface area (Å²) in [5, 5.41) is 0. The van der Waals surface area contributed by atoms with E-state index in [4.69, 9.17) is 18.0 Å². The Morgan fingerprint density at radius 3 is 2.21 bits per heavy atom. The number of nitrogens with two attached hydrogens (primary N) is 1. The lowest BCUT2D eigenvalue weighted by Gasteiger charge is -2.26. The normalized spacial score (nSPS) is 10.5. The van der Waals surface area contributed by atoms with Crippen LogP contribution in [0.4, 0.5) is 5.69 Å². The molecule has 19 heavy (non-hydrogen) atoms. The maximum atomic E-state index is 5.67. The Labute approximate surface area is 130 Å². The van der Waals surface area contributed by atoms with Gasteiger partial charge in [-0.15, -0.1) is 0 Å². The van der Waals surface area contributed by atoms with Crippen molar-refractivity contribution in [3.63, 3.8) is 0 Å². The maximum Gasteiger partial charge on any atom is 0.104 e. The summed E-state index contributed by atoms with van der Waals surface area (Å²) in [6.07, 6.45) is 4.86. The smallest absolute Gasteiger partial charge is 0.104 e. The number of benzene rings is 1. The van der Waals surface area contributed by atoms with Crippen molar-refractivity contribution < 1.29 is 0 Å². The van der Waals surface area contributed by atoms with Crippen LogP contribution in [0, 0.1) is 0 Å². The average molecular weight is 343 g/mol. The summed E-state index contributed by atoms with van der Waals surface area (Å²) in [5.74, 6) is 0. The zero-order valence-electron chi connectivity index (χ0n) is 11.8. The molecule has 2 N–H and O–H groups in total. The van der Waals surface area contributed by atoms with Crippen LogP contribution in [0.25, 0.3) is 0 Å². The molecule has 0 saturated carbocycles. The minimum atomic E-state index is 0.445. The fourth-order valence-corrected chi connectivity index (χ4v) is 2.72. The van der Waals surface area contributed by atoms with E-state index >= 15 is 0 Å². The van der Waals surface area contributed by atoms with Crippen LogP contribution in [0.3, 0.4) is 0 Å². The third kappa shape index (κ3) is 5.11. The first-order valence-corrected chi connectivity index (χ1v) is 8.14. The molecule has 4 heteroatoms. The van der Waals surface area contributed by atoms with Gasteiger partial charge in [-0.1, -0.05) is 38.9 Å². The lowest BCUT2D eigenvalue weighted by molar-refractivity contribution is 0.677. The van der Waals surface area contributed by atoms with E-state index in [1.807, 2.05) is 12.1 Å². The Morgan fingerprint density at radius 2 is 1.79 bits per heavy atom. The van der Waals surface area contributed by atoms with Crippen LogP contribution in [0.2, 0.25) is 0 Å². The van der Waals surface area contributed by atoms with Crippen LogP contribution in [-0.4, -0.2) is 18.1 Å². The summed E-state index contributed by atoms with van der Waals surface area (Å²) in [6.45, 7) is 6.65. The Morgan fingerprint density at radius 1 is 1.21 bits per heavy atom. The Balaban J connectivity index is 2.90. The summed E-state index contributed by atoms with van der Waals surface area (Å²) in [6, 6.07) is 6.14. The molecule has 0 fully saturated rings. The predicted molar refractivity (Wildman–Crippen MR) is 92.1 cm³/mol. The van der Waals surface area contributed by atoms with Crippen molar-refractivity contribution in [1.82, 2.24) is 0 Å². The van der Waals surface area contributed by atoms with E-state index < -0.39 is 0 Å². The quantitative estimate of drug-likeness (QED) is 0.705. The Kier molecular flexibility index (Phi) is 7.39. The highest BCUT2D eigenvalue weighted by Crippen LogP contribution is 2.28. The fraction of sp³-hybridized carbons (Fsp3) is 0.533. The summed E-state index contributed by atoms with van der Waals surface area (Å²) in [4.78, 5) is 2.89. The second kappa shape index (κ2) is 8.54. The van der Waals surface area contributed by atoms with Gasteiger partial charge in [0.15, 0.2) is 0 Å². The first-order valence-electron chi connectivity index (χ1n) is 6.94. The predicted octanol–water partition coefficient (Wildman–Crippen LogP) is 4.49. The topological polar surface area (TPSA) is 29.3 Å². The van der Waals surface area contributed by atoms with Crippen molar-refractivity contribution in [3.05, 3.63) is 28.2 Å². The first kappa shape index (κ1) is 16.4. The summed E-state index contributed by atoms with van der Waals surface area (Å²) >= 11 is 8.66. The number of hydrogen-bond acceptors (Lipinski definition) is 2. The van der Waals surface area contributed by atoms with E-state index in [0.717, 1.165) is 23.1 Å². The van der Waals surface area contributed by atoms with Crippen LogP contribution < -0.4 is 10.6 Å². The van der Waals surface area contributed by atoms with Crippen LogP contribution >= 0.6 is 28.1 Å². The van der Waals surface area contributed by atoms with Gasteiger partial charge in [0, 0.05) is 23.1 Å². The highest BCUT2D eigenvalue weighted by Gasteiger charge is 2.10. The summed E-state index contributed by atoms with van der Waals surface area (Å²) < 4.78 is 1.07. The number of rotatable bonds is 8. The molecule has 0 radical (unpaired) electrons. The Bertz CT molecular complexity index is 413. The minimum absolute atomic E-state index is 0.445. The van der Waals surface area contributed by atoms with Crippen molar-refractivity contribution in [1.29, 1.82) is 0 Å². The SMILES string of the molecule is CCCCN(CCCC)c1ccc(C(N)=S)cc1Br. The van der Waals surface area contributed by atoms with Gasteiger partial charge in [0.1, 0.15) is 4.99 Å². The van der Waals surface area contributed by atoms with Gasteiger partial charge >= 0.3 is 0 Å². The number of halogens is 1. The largest absolute Gasteiger partial charge is 0.389 e. The molecule has 0 aliphatic heterocycles. The molecule has 0 amide bonds. The van der Waals surface area contributed by atoms with Crippen molar-refractivity contribution in [2.75, 3.05) is 18.0 Å². The lowest BCUT2D eigenvalue weighted by Crippen LogP contribution is -2.26. The summed E-state index contributed by atoms with van der Waals surface area (Å²) in [7, 11) is 0. The van der Waals surface area contributed by atoms with Gasteiger partial charge in [-0.05, 0) is 47.0 Å². The molecule has 0 aliphatic rings. The average Bonchev–Trinajstić information content (AvgIpc) is 2.39. The van der Waals surface area contributed by atoms with Gasteiger partial charge in [0.25, 0.3) is 0 Å². The number of thiocarbonyl (C=S) groups is 1. The monoisotopic (exact) mass is 342 g/mol. The van der Waals surface area contributed by atoms with Gasteiger partial charge in [0.2, 0.25) is 0 Å². The van der Waals surface area contributed by atoms with Crippen molar-refractivity contribution in [2.24, 2.45) is 5.73 Å². The lowest BCUT2D eigenvalue weighted by atomic mass is 10.1. The van der Waals surface area contributed by atoms with Crippen LogP contribution in [0.15, 0.2) is 22.7 Å². The van der Waals surface area contributed by atoms with E-state index in [9.17, 15) is 0 Å². The van der Waals surface area contributed by atoms with Crippen molar-refractivity contribution in [2.45, 2.75) is 39.5 Å². The molecule has 1 rings (SSSR count). The van der Waals surface area contributed by atoms with Crippen molar-refractivity contribution in [3.8, 4) is 0 Å². The number of hydrogen-bond donors (Lipinski definition) is 1. The van der Waals surface area contributed by atoms with Crippen molar-refractivity contribution >= 4 is 38.8 Å². The van der Waals surface area contributed by atoms with E-state index in [1.54, 1.807) is 0 Å². The third-order valence-electron chi connectivity index (χ3n) is 3.14. The Hall–Kier alpha value is -0.610. The molecule has 106 valence electrons. The molecular formula is C15H23BrN2S. The minimum Gasteiger partial charge on any atom is -0.389 e. The van der Waals surface area contributed by atoms with Gasteiger partial charge in [0.05, 0.1) is 5.69 Å².